The molecule has 0 fully saturated rings. The third-order valence-corrected chi connectivity index (χ3v) is 3.59. The zero-order valence-electron chi connectivity index (χ0n) is 11.9. The fraction of sp³-hybridized carbons (Fsp3) is 0.267. The third kappa shape index (κ3) is 2.15. The summed E-state index contributed by atoms with van der Waals surface area (Å²) in [5, 5.41) is 12.8. The molecule has 3 rings (SSSR count). The molecule has 2 heterocycles. The molecule has 0 spiro atoms. The number of rotatable bonds is 4. The van der Waals surface area contributed by atoms with Crippen LogP contribution in [-0.4, -0.2) is 31.5 Å². The minimum Gasteiger partial charge on any atom is -0.269 e. The number of carbonyl (C=O) groups excluding carboxylic acids is 2. The summed E-state index contributed by atoms with van der Waals surface area (Å²) in [6.45, 7) is 2.14. The van der Waals surface area contributed by atoms with Crippen molar-refractivity contribution in [3.8, 4) is 6.07 Å². The summed E-state index contributed by atoms with van der Waals surface area (Å²) in [4.78, 5) is 30.1. The van der Waals surface area contributed by atoms with Gasteiger partial charge in [0.15, 0.2) is 5.82 Å². The van der Waals surface area contributed by atoms with E-state index in [0.29, 0.717) is 29.9 Å². The first kappa shape index (κ1) is 13.9. The van der Waals surface area contributed by atoms with Gasteiger partial charge in [0.05, 0.1) is 36.2 Å². The van der Waals surface area contributed by atoms with E-state index in [1.165, 1.54) is 15.9 Å². The van der Waals surface area contributed by atoms with Crippen LogP contribution in [0.15, 0.2) is 30.6 Å². The minimum absolute atomic E-state index is 0.324. The molecular formula is C15H13N5O2. The number of aryl methyl sites for hydroxylation is 1. The maximum absolute atomic E-state index is 12.4. The molecular weight excluding hydrogens is 282 g/mol. The molecule has 0 radical (unpaired) electrons. The van der Waals surface area contributed by atoms with E-state index in [1.54, 1.807) is 31.2 Å². The standard InChI is InChI=1S/C15H13N5O2/c1-10(13-17-9-19(18-13)8-4-7-16)20-14(21)11-5-2-3-6-12(11)15(20)22/h2-3,5-6,9-10H,4,8H2,1H3/t10-/m1/s1. The number of benzene rings is 1. The number of imide groups is 1. The van der Waals surface area contributed by atoms with Crippen molar-refractivity contribution in [3.63, 3.8) is 0 Å². The topological polar surface area (TPSA) is 91.9 Å². The number of nitrogens with zero attached hydrogens (tertiary/aromatic N) is 5. The van der Waals surface area contributed by atoms with Crippen molar-refractivity contribution < 1.29 is 9.59 Å². The molecule has 1 aliphatic rings. The van der Waals surface area contributed by atoms with Gasteiger partial charge in [-0.1, -0.05) is 12.1 Å². The molecule has 0 saturated carbocycles. The number of amides is 2. The Bertz CT molecular complexity index is 754. The Morgan fingerprint density at radius 3 is 2.45 bits per heavy atom. The van der Waals surface area contributed by atoms with Crippen LogP contribution in [0.1, 0.15) is 45.9 Å². The van der Waals surface area contributed by atoms with E-state index in [0.717, 1.165) is 0 Å². The van der Waals surface area contributed by atoms with E-state index in [1.807, 2.05) is 6.07 Å². The summed E-state index contributed by atoms with van der Waals surface area (Å²) < 4.78 is 1.53. The average molecular weight is 295 g/mol. The molecule has 0 aliphatic carbocycles. The van der Waals surface area contributed by atoms with Crippen molar-refractivity contribution in [2.75, 3.05) is 0 Å². The molecule has 22 heavy (non-hydrogen) atoms. The Hall–Kier alpha value is -3.01. The normalized spacial score (nSPS) is 14.8. The molecule has 7 heteroatoms. The smallest absolute Gasteiger partial charge is 0.262 e. The first-order chi connectivity index (χ1) is 10.6. The van der Waals surface area contributed by atoms with Crippen molar-refractivity contribution in [2.45, 2.75) is 25.9 Å². The summed E-state index contributed by atoms with van der Waals surface area (Å²) >= 11 is 0. The predicted molar refractivity (Wildman–Crippen MR) is 75.6 cm³/mol. The first-order valence-electron chi connectivity index (χ1n) is 6.86. The van der Waals surface area contributed by atoms with Crippen LogP contribution in [0, 0.1) is 11.3 Å². The zero-order chi connectivity index (χ0) is 15.7. The van der Waals surface area contributed by atoms with Gasteiger partial charge in [0, 0.05) is 0 Å². The SMILES string of the molecule is C[C@H](c1ncn(CCC#N)n1)N1C(=O)c2ccccc2C1=O. The predicted octanol–water partition coefficient (Wildman–Crippen LogP) is 1.55. The van der Waals surface area contributed by atoms with Crippen molar-refractivity contribution in [3.05, 3.63) is 47.5 Å². The van der Waals surface area contributed by atoms with Gasteiger partial charge in [0.1, 0.15) is 6.33 Å². The molecule has 7 nitrogen and oxygen atoms in total. The number of hydrogen-bond donors (Lipinski definition) is 0. The highest BCUT2D eigenvalue weighted by Crippen LogP contribution is 2.29. The van der Waals surface area contributed by atoms with Crippen molar-refractivity contribution in [1.29, 1.82) is 5.26 Å². The van der Waals surface area contributed by atoms with Crippen LogP contribution in [0.2, 0.25) is 0 Å². The summed E-state index contributed by atoms with van der Waals surface area (Å²) in [5.74, 6) is -0.282. The lowest BCUT2D eigenvalue weighted by Gasteiger charge is -2.19. The maximum atomic E-state index is 12.4. The van der Waals surface area contributed by atoms with E-state index in [-0.39, 0.29) is 11.8 Å². The van der Waals surface area contributed by atoms with Gasteiger partial charge in [-0.05, 0) is 19.1 Å². The van der Waals surface area contributed by atoms with Crippen LogP contribution in [0.25, 0.3) is 0 Å². The number of nitriles is 1. The van der Waals surface area contributed by atoms with E-state index >= 15 is 0 Å². The Kier molecular flexibility index (Phi) is 3.43. The number of carbonyl (C=O) groups is 2. The second-order valence-electron chi connectivity index (χ2n) is 4.98. The first-order valence-corrected chi connectivity index (χ1v) is 6.86. The minimum atomic E-state index is -0.560. The molecule has 1 aliphatic heterocycles. The van der Waals surface area contributed by atoms with E-state index in [9.17, 15) is 9.59 Å². The third-order valence-electron chi connectivity index (χ3n) is 3.59. The van der Waals surface area contributed by atoms with Gasteiger partial charge in [-0.3, -0.25) is 19.2 Å². The van der Waals surface area contributed by atoms with E-state index in [2.05, 4.69) is 10.1 Å². The lowest BCUT2D eigenvalue weighted by molar-refractivity contribution is 0.0588. The summed E-state index contributed by atoms with van der Waals surface area (Å²) in [6.07, 6.45) is 1.82. The molecule has 1 atom stereocenters. The van der Waals surface area contributed by atoms with Crippen molar-refractivity contribution >= 4 is 11.8 Å². The number of hydrogen-bond acceptors (Lipinski definition) is 5. The van der Waals surface area contributed by atoms with Crippen LogP contribution < -0.4 is 0 Å². The fourth-order valence-corrected chi connectivity index (χ4v) is 2.45. The fourth-order valence-electron chi connectivity index (χ4n) is 2.45. The molecule has 1 aromatic carbocycles. The van der Waals surface area contributed by atoms with Crippen LogP contribution in [-0.2, 0) is 6.54 Å². The highest BCUT2D eigenvalue weighted by Gasteiger charge is 2.39. The van der Waals surface area contributed by atoms with Gasteiger partial charge in [-0.15, -0.1) is 0 Å². The molecule has 1 aromatic heterocycles. The van der Waals surface area contributed by atoms with E-state index < -0.39 is 6.04 Å². The monoisotopic (exact) mass is 295 g/mol. The average Bonchev–Trinajstić information content (AvgIpc) is 3.10. The Morgan fingerprint density at radius 2 is 1.86 bits per heavy atom. The second-order valence-corrected chi connectivity index (χ2v) is 4.98. The van der Waals surface area contributed by atoms with Gasteiger partial charge in [-0.2, -0.15) is 10.4 Å². The summed E-state index contributed by atoms with van der Waals surface area (Å²) in [6, 6.07) is 8.21. The molecule has 0 N–H and O–H groups in total. The quantitative estimate of drug-likeness (QED) is 0.798. The van der Waals surface area contributed by atoms with Gasteiger partial charge >= 0.3 is 0 Å². The largest absolute Gasteiger partial charge is 0.269 e. The van der Waals surface area contributed by atoms with Crippen LogP contribution in [0.3, 0.4) is 0 Å². The Labute approximate surface area is 126 Å². The van der Waals surface area contributed by atoms with Gasteiger partial charge in [0.2, 0.25) is 0 Å². The molecule has 0 saturated heterocycles. The van der Waals surface area contributed by atoms with Gasteiger partial charge in [0.25, 0.3) is 11.8 Å². The van der Waals surface area contributed by atoms with Crippen LogP contribution in [0.5, 0.6) is 0 Å². The summed E-state index contributed by atoms with van der Waals surface area (Å²) in [5.41, 5.74) is 0.812. The van der Waals surface area contributed by atoms with Crippen LogP contribution >= 0.6 is 0 Å². The lowest BCUT2D eigenvalue weighted by atomic mass is 10.1. The maximum Gasteiger partial charge on any atom is 0.262 e. The molecule has 0 unspecified atom stereocenters. The summed E-state index contributed by atoms with van der Waals surface area (Å²) in [7, 11) is 0. The molecule has 2 amide bonds. The Morgan fingerprint density at radius 1 is 1.23 bits per heavy atom. The van der Waals surface area contributed by atoms with Crippen LogP contribution in [0.4, 0.5) is 0 Å². The number of fused-ring (bicyclic) bond motifs is 1. The second kappa shape index (κ2) is 5.41. The highest BCUT2D eigenvalue weighted by atomic mass is 16.2. The zero-order valence-corrected chi connectivity index (χ0v) is 11.9. The van der Waals surface area contributed by atoms with Gasteiger partial charge < -0.3 is 0 Å². The Balaban J connectivity index is 1.86. The van der Waals surface area contributed by atoms with Crippen molar-refractivity contribution in [2.24, 2.45) is 0 Å². The highest BCUT2D eigenvalue weighted by molar-refractivity contribution is 6.21. The number of aromatic nitrogens is 3. The molecule has 0 bridgehead atoms. The lowest BCUT2D eigenvalue weighted by Crippen LogP contribution is -2.33. The van der Waals surface area contributed by atoms with Crippen molar-refractivity contribution in [1.82, 2.24) is 19.7 Å². The van der Waals surface area contributed by atoms with E-state index in [4.69, 9.17) is 5.26 Å². The molecule has 110 valence electrons. The molecule has 2 aromatic rings. The van der Waals surface area contributed by atoms with Gasteiger partial charge in [-0.25, -0.2) is 4.98 Å².